The second-order valence-electron chi connectivity index (χ2n) is 8.69. The van der Waals surface area contributed by atoms with Gasteiger partial charge in [-0.3, -0.25) is 9.89 Å². The van der Waals surface area contributed by atoms with Gasteiger partial charge in [0.25, 0.3) is 0 Å². The average molecular weight is 382 g/mol. The first-order chi connectivity index (χ1) is 12.8. The highest BCUT2D eigenvalue weighted by molar-refractivity contribution is 5.80. The molecule has 0 saturated carbocycles. The molecule has 0 aromatic rings. The maximum Gasteiger partial charge on any atom is 0.410 e. The number of carbonyl (C=O) groups excluding carboxylic acids is 1. The largest absolute Gasteiger partial charge is 0.444 e. The summed E-state index contributed by atoms with van der Waals surface area (Å²) in [5, 5.41) is 6.69. The number of carbonyl (C=O) groups is 1. The number of likely N-dealkylation sites (tertiary alicyclic amines) is 1. The SMILES string of the molecule is CCNC(=NCC1CN2CCCC2CO1)NC1CN(C(=O)OC(C)(C)C)C1. The molecule has 3 rings (SSSR count). The van der Waals surface area contributed by atoms with Crippen LogP contribution in [0.1, 0.15) is 40.5 Å². The summed E-state index contributed by atoms with van der Waals surface area (Å²) in [5.41, 5.74) is -0.458. The number of nitrogens with one attached hydrogen (secondary N) is 2. The highest BCUT2D eigenvalue weighted by atomic mass is 16.6. The molecule has 0 spiro atoms. The zero-order valence-corrected chi connectivity index (χ0v) is 17.2. The van der Waals surface area contributed by atoms with Crippen molar-refractivity contribution >= 4 is 12.1 Å². The molecule has 1 amide bonds. The first-order valence-electron chi connectivity index (χ1n) is 10.2. The maximum absolute atomic E-state index is 12.0. The smallest absolute Gasteiger partial charge is 0.410 e. The van der Waals surface area contributed by atoms with E-state index in [1.54, 1.807) is 4.90 Å². The van der Waals surface area contributed by atoms with Crippen LogP contribution in [0.5, 0.6) is 0 Å². The van der Waals surface area contributed by atoms with Crippen LogP contribution < -0.4 is 10.6 Å². The molecule has 0 bridgehead atoms. The second-order valence-corrected chi connectivity index (χ2v) is 8.69. The Kier molecular flexibility index (Phi) is 6.47. The van der Waals surface area contributed by atoms with Crippen molar-refractivity contribution in [2.24, 2.45) is 4.99 Å². The molecule has 3 heterocycles. The minimum absolute atomic E-state index is 0.162. The van der Waals surface area contributed by atoms with E-state index < -0.39 is 5.60 Å². The van der Waals surface area contributed by atoms with Gasteiger partial charge in [0, 0.05) is 32.2 Å². The van der Waals surface area contributed by atoms with Crippen LogP contribution in [0.15, 0.2) is 4.99 Å². The average Bonchev–Trinajstić information content (AvgIpc) is 3.01. The van der Waals surface area contributed by atoms with E-state index in [-0.39, 0.29) is 18.2 Å². The number of aliphatic imine (C=N–C) groups is 1. The molecule has 2 N–H and O–H groups in total. The third-order valence-electron chi connectivity index (χ3n) is 5.13. The van der Waals surface area contributed by atoms with E-state index in [0.717, 1.165) is 25.7 Å². The maximum atomic E-state index is 12.0. The predicted octanol–water partition coefficient (Wildman–Crippen LogP) is 1.02. The lowest BCUT2D eigenvalue weighted by molar-refractivity contribution is -0.0432. The number of rotatable bonds is 4. The lowest BCUT2D eigenvalue weighted by Crippen LogP contribution is -2.63. The van der Waals surface area contributed by atoms with Gasteiger partial charge in [-0.15, -0.1) is 0 Å². The Hall–Kier alpha value is -1.54. The van der Waals surface area contributed by atoms with E-state index >= 15 is 0 Å². The van der Waals surface area contributed by atoms with Crippen LogP contribution >= 0.6 is 0 Å². The molecule has 154 valence electrons. The molecule has 2 atom stereocenters. The Morgan fingerprint density at radius 1 is 1.30 bits per heavy atom. The first-order valence-corrected chi connectivity index (χ1v) is 10.2. The summed E-state index contributed by atoms with van der Waals surface area (Å²) >= 11 is 0. The summed E-state index contributed by atoms with van der Waals surface area (Å²) in [5.74, 6) is 0.790. The standard InChI is InChI=1S/C19H35N5O3/c1-5-20-17(21-9-16-12-23-8-6-7-15(23)13-26-16)22-14-10-24(11-14)18(25)27-19(2,3)4/h14-16H,5-13H2,1-4H3,(H2,20,21,22). The first kappa shape index (κ1) is 20.2. The molecule has 3 fully saturated rings. The fourth-order valence-electron chi connectivity index (χ4n) is 3.75. The van der Waals surface area contributed by atoms with Crippen molar-refractivity contribution in [2.75, 3.05) is 45.9 Å². The molecule has 0 radical (unpaired) electrons. The van der Waals surface area contributed by atoms with Gasteiger partial charge in [-0.2, -0.15) is 0 Å². The van der Waals surface area contributed by atoms with E-state index in [1.807, 2.05) is 20.8 Å². The van der Waals surface area contributed by atoms with Crippen molar-refractivity contribution in [3.63, 3.8) is 0 Å². The summed E-state index contributed by atoms with van der Waals surface area (Å²) in [7, 11) is 0. The van der Waals surface area contributed by atoms with Gasteiger partial charge in [0.1, 0.15) is 5.60 Å². The van der Waals surface area contributed by atoms with Crippen LogP contribution in [0.3, 0.4) is 0 Å². The van der Waals surface area contributed by atoms with Gasteiger partial charge in [-0.05, 0) is 47.1 Å². The molecule has 2 unspecified atom stereocenters. The monoisotopic (exact) mass is 381 g/mol. The molecule has 0 aromatic heterocycles. The third-order valence-corrected chi connectivity index (χ3v) is 5.13. The topological polar surface area (TPSA) is 78.4 Å². The highest BCUT2D eigenvalue weighted by Gasteiger charge is 2.35. The third kappa shape index (κ3) is 5.72. The molecule has 8 nitrogen and oxygen atoms in total. The number of nitrogens with zero attached hydrogens (tertiary/aromatic N) is 3. The number of hydrogen-bond donors (Lipinski definition) is 2. The van der Waals surface area contributed by atoms with E-state index in [2.05, 4.69) is 22.5 Å². The Labute approximate surface area is 162 Å². The summed E-state index contributed by atoms with van der Waals surface area (Å²) in [4.78, 5) is 21.0. The molecule has 27 heavy (non-hydrogen) atoms. The van der Waals surface area contributed by atoms with Crippen LogP contribution in [0, 0.1) is 0 Å². The van der Waals surface area contributed by atoms with Crippen LogP contribution in [0.25, 0.3) is 0 Å². The zero-order valence-electron chi connectivity index (χ0n) is 17.2. The number of guanidine groups is 1. The molecule has 3 aliphatic heterocycles. The van der Waals surface area contributed by atoms with E-state index in [4.69, 9.17) is 14.5 Å². The Morgan fingerprint density at radius 3 is 2.78 bits per heavy atom. The summed E-state index contributed by atoms with van der Waals surface area (Å²) in [6, 6.07) is 0.816. The molecule has 0 aliphatic carbocycles. The second kappa shape index (κ2) is 8.65. The number of hydrogen-bond acceptors (Lipinski definition) is 5. The van der Waals surface area contributed by atoms with Gasteiger partial charge in [-0.25, -0.2) is 4.79 Å². The fourth-order valence-corrected chi connectivity index (χ4v) is 3.75. The quantitative estimate of drug-likeness (QED) is 0.559. The minimum Gasteiger partial charge on any atom is -0.444 e. The lowest BCUT2D eigenvalue weighted by Gasteiger charge is -2.40. The molecule has 8 heteroatoms. The van der Waals surface area contributed by atoms with Gasteiger partial charge in [-0.1, -0.05) is 0 Å². The summed E-state index contributed by atoms with van der Waals surface area (Å²) in [6.45, 7) is 13.4. The van der Waals surface area contributed by atoms with Crippen molar-refractivity contribution in [2.45, 2.75) is 64.3 Å². The summed E-state index contributed by atoms with van der Waals surface area (Å²) < 4.78 is 11.4. The molecule has 0 aromatic carbocycles. The Bertz CT molecular complexity index is 542. The number of ether oxygens (including phenoxy) is 2. The Balaban J connectivity index is 1.43. The molecule has 3 aliphatic rings. The van der Waals surface area contributed by atoms with Crippen molar-refractivity contribution < 1.29 is 14.3 Å². The number of fused-ring (bicyclic) bond motifs is 1. The van der Waals surface area contributed by atoms with Gasteiger partial charge >= 0.3 is 6.09 Å². The van der Waals surface area contributed by atoms with Crippen molar-refractivity contribution in [1.82, 2.24) is 20.4 Å². The summed E-state index contributed by atoms with van der Waals surface area (Å²) in [6.07, 6.45) is 2.45. The molecular formula is C19H35N5O3. The molecule has 3 saturated heterocycles. The van der Waals surface area contributed by atoms with Crippen LogP contribution in [-0.4, -0.2) is 91.5 Å². The van der Waals surface area contributed by atoms with Crippen molar-refractivity contribution in [3.05, 3.63) is 0 Å². The predicted molar refractivity (Wildman–Crippen MR) is 105 cm³/mol. The van der Waals surface area contributed by atoms with E-state index in [0.29, 0.717) is 25.7 Å². The van der Waals surface area contributed by atoms with E-state index in [1.165, 1.54) is 19.4 Å². The van der Waals surface area contributed by atoms with Crippen molar-refractivity contribution in [3.8, 4) is 0 Å². The van der Waals surface area contributed by atoms with Gasteiger partial charge < -0.3 is 25.0 Å². The normalized spacial score (nSPS) is 27.1. The van der Waals surface area contributed by atoms with Gasteiger partial charge in [0.15, 0.2) is 5.96 Å². The van der Waals surface area contributed by atoms with Crippen LogP contribution in [-0.2, 0) is 9.47 Å². The van der Waals surface area contributed by atoms with Gasteiger partial charge in [0.05, 0.1) is 25.3 Å². The van der Waals surface area contributed by atoms with Crippen LogP contribution in [0.2, 0.25) is 0 Å². The number of morpholine rings is 1. The minimum atomic E-state index is -0.458. The van der Waals surface area contributed by atoms with E-state index in [9.17, 15) is 4.79 Å². The van der Waals surface area contributed by atoms with Gasteiger partial charge in [0.2, 0.25) is 0 Å². The fraction of sp³-hybridized carbons (Fsp3) is 0.895. The van der Waals surface area contributed by atoms with Crippen molar-refractivity contribution in [1.29, 1.82) is 0 Å². The number of amides is 1. The van der Waals surface area contributed by atoms with Crippen LogP contribution in [0.4, 0.5) is 4.79 Å². The zero-order chi connectivity index (χ0) is 19.4. The molecular weight excluding hydrogens is 346 g/mol. The highest BCUT2D eigenvalue weighted by Crippen LogP contribution is 2.22. The Morgan fingerprint density at radius 2 is 2.07 bits per heavy atom. The lowest BCUT2D eigenvalue weighted by atomic mass is 10.1.